The fraction of sp³-hybridized carbons (Fsp3) is 0.250. The monoisotopic (exact) mass is 334 g/mol. The molecule has 0 aromatic carbocycles. The zero-order valence-corrected chi connectivity index (χ0v) is 11.3. The average molecular weight is 335 g/mol. The summed E-state index contributed by atoms with van der Waals surface area (Å²) in [4.78, 5) is 18.5. The Morgan fingerprint density at radius 2 is 2.21 bits per heavy atom. The van der Waals surface area contributed by atoms with E-state index in [4.69, 9.17) is 0 Å². The van der Waals surface area contributed by atoms with Crippen LogP contribution >= 0.6 is 15.9 Å². The number of aromatic nitrogens is 1. The third-order valence-electron chi connectivity index (χ3n) is 2.08. The van der Waals surface area contributed by atoms with Gasteiger partial charge in [-0.3, -0.25) is 14.8 Å². The standard InChI is InChI=1S/C12H10BrF3N2O/c1-8(6-17-7-10(19)5-13)11-4-9(2-3-18-11)12(14,15)16/h2-4,6H,1,5,7H2. The maximum absolute atomic E-state index is 12.5. The number of nitrogens with zero attached hydrogens (tertiary/aromatic N) is 2. The highest BCUT2D eigenvalue weighted by Crippen LogP contribution is 2.29. The maximum Gasteiger partial charge on any atom is 0.416 e. The number of ketones is 1. The van der Waals surface area contributed by atoms with Gasteiger partial charge in [-0.15, -0.1) is 0 Å². The molecule has 7 heteroatoms. The minimum atomic E-state index is -4.43. The summed E-state index contributed by atoms with van der Waals surface area (Å²) < 4.78 is 37.5. The molecule has 1 aromatic rings. The van der Waals surface area contributed by atoms with Crippen molar-refractivity contribution in [3.8, 4) is 0 Å². The third kappa shape index (κ3) is 4.94. The van der Waals surface area contributed by atoms with Crippen LogP contribution in [0.25, 0.3) is 5.57 Å². The Kier molecular flexibility index (Phi) is 5.41. The lowest BCUT2D eigenvalue weighted by Crippen LogP contribution is -2.06. The van der Waals surface area contributed by atoms with E-state index in [-0.39, 0.29) is 28.9 Å². The van der Waals surface area contributed by atoms with Gasteiger partial charge in [0.1, 0.15) is 0 Å². The third-order valence-corrected chi connectivity index (χ3v) is 2.71. The van der Waals surface area contributed by atoms with Crippen molar-refractivity contribution in [1.82, 2.24) is 4.98 Å². The van der Waals surface area contributed by atoms with Crippen molar-refractivity contribution in [2.24, 2.45) is 4.99 Å². The van der Waals surface area contributed by atoms with Gasteiger partial charge in [0, 0.05) is 18.0 Å². The molecule has 0 aliphatic rings. The highest BCUT2D eigenvalue weighted by atomic mass is 79.9. The Bertz CT molecular complexity index is 512. The molecule has 0 amide bonds. The van der Waals surface area contributed by atoms with Crippen LogP contribution in [0.4, 0.5) is 13.2 Å². The number of Topliss-reactive ketones (excluding diaryl/α,β-unsaturated/α-hetero) is 1. The first-order valence-electron chi connectivity index (χ1n) is 5.14. The van der Waals surface area contributed by atoms with Gasteiger partial charge >= 0.3 is 6.18 Å². The van der Waals surface area contributed by atoms with Crippen molar-refractivity contribution in [3.63, 3.8) is 0 Å². The van der Waals surface area contributed by atoms with Crippen molar-refractivity contribution in [1.29, 1.82) is 0 Å². The summed E-state index contributed by atoms with van der Waals surface area (Å²) >= 11 is 2.98. The number of aliphatic imine (C=N–C) groups is 1. The zero-order valence-electron chi connectivity index (χ0n) is 9.75. The smallest absolute Gasteiger partial charge is 0.297 e. The molecule has 0 saturated carbocycles. The van der Waals surface area contributed by atoms with Gasteiger partial charge in [0.15, 0.2) is 5.78 Å². The summed E-state index contributed by atoms with van der Waals surface area (Å²) in [6.07, 6.45) is -2.13. The second-order valence-electron chi connectivity index (χ2n) is 3.59. The van der Waals surface area contributed by atoms with Gasteiger partial charge in [0.2, 0.25) is 0 Å². The van der Waals surface area contributed by atoms with Gasteiger partial charge in [-0.25, -0.2) is 0 Å². The molecule has 0 aliphatic carbocycles. The van der Waals surface area contributed by atoms with Crippen molar-refractivity contribution in [2.45, 2.75) is 6.18 Å². The Labute approximate surface area is 116 Å². The lowest BCUT2D eigenvalue weighted by molar-refractivity contribution is -0.137. The molecular weight excluding hydrogens is 325 g/mol. The van der Waals surface area contributed by atoms with Gasteiger partial charge < -0.3 is 0 Å². The number of alkyl halides is 4. The molecule has 0 unspecified atom stereocenters. The molecule has 1 rings (SSSR count). The highest BCUT2D eigenvalue weighted by molar-refractivity contribution is 9.09. The molecule has 0 spiro atoms. The largest absolute Gasteiger partial charge is 0.416 e. The van der Waals surface area contributed by atoms with Crippen LogP contribution in [0.1, 0.15) is 11.3 Å². The van der Waals surface area contributed by atoms with E-state index in [0.717, 1.165) is 18.3 Å². The van der Waals surface area contributed by atoms with Crippen LogP contribution in [0, 0.1) is 0 Å². The zero-order chi connectivity index (χ0) is 14.5. The molecule has 3 nitrogen and oxygen atoms in total. The molecule has 0 N–H and O–H groups in total. The van der Waals surface area contributed by atoms with Gasteiger partial charge in [-0.05, 0) is 12.1 Å². The molecule has 0 fully saturated rings. The number of hydrogen-bond donors (Lipinski definition) is 0. The summed E-state index contributed by atoms with van der Waals surface area (Å²) in [6.45, 7) is 3.52. The first-order valence-corrected chi connectivity index (χ1v) is 6.26. The molecule has 0 radical (unpaired) electrons. The van der Waals surface area contributed by atoms with Crippen LogP contribution in [0.2, 0.25) is 0 Å². The number of rotatable bonds is 5. The molecule has 0 bridgehead atoms. The van der Waals surface area contributed by atoms with Crippen molar-refractivity contribution in [3.05, 3.63) is 36.2 Å². The minimum Gasteiger partial charge on any atom is -0.297 e. The Hall–Kier alpha value is -1.50. The Morgan fingerprint density at radius 3 is 2.79 bits per heavy atom. The van der Waals surface area contributed by atoms with Crippen LogP contribution < -0.4 is 0 Å². The van der Waals surface area contributed by atoms with E-state index in [2.05, 4.69) is 32.5 Å². The maximum atomic E-state index is 12.5. The fourth-order valence-electron chi connectivity index (χ4n) is 1.15. The first kappa shape index (κ1) is 15.6. The summed E-state index contributed by atoms with van der Waals surface area (Å²) in [6, 6.07) is 1.77. The normalized spacial score (nSPS) is 11.8. The summed E-state index contributed by atoms with van der Waals surface area (Å²) in [5.74, 6) is -0.138. The van der Waals surface area contributed by atoms with E-state index >= 15 is 0 Å². The van der Waals surface area contributed by atoms with E-state index < -0.39 is 11.7 Å². The van der Waals surface area contributed by atoms with E-state index in [1.807, 2.05) is 0 Å². The second-order valence-corrected chi connectivity index (χ2v) is 4.16. The quantitative estimate of drug-likeness (QED) is 0.613. The lowest BCUT2D eigenvalue weighted by Gasteiger charge is -2.07. The van der Waals surface area contributed by atoms with Gasteiger partial charge in [0.05, 0.1) is 23.1 Å². The number of carbonyl (C=O) groups is 1. The van der Waals surface area contributed by atoms with E-state index in [1.165, 1.54) is 6.21 Å². The second kappa shape index (κ2) is 6.60. The number of halogens is 4. The number of pyridine rings is 1. The topological polar surface area (TPSA) is 42.3 Å². The van der Waals surface area contributed by atoms with Gasteiger partial charge in [-0.1, -0.05) is 22.5 Å². The summed E-state index contributed by atoms with van der Waals surface area (Å²) in [5.41, 5.74) is -0.512. The lowest BCUT2D eigenvalue weighted by atomic mass is 10.1. The fourth-order valence-corrected chi connectivity index (χ4v) is 1.33. The molecule has 1 aromatic heterocycles. The van der Waals surface area contributed by atoms with Crippen molar-refractivity contribution >= 4 is 33.5 Å². The van der Waals surface area contributed by atoms with Crippen LogP contribution in [0.5, 0.6) is 0 Å². The predicted octanol–water partition coefficient (Wildman–Crippen LogP) is 3.15. The molecular formula is C12H10BrF3N2O. The molecule has 19 heavy (non-hydrogen) atoms. The predicted molar refractivity (Wildman–Crippen MR) is 70.4 cm³/mol. The Balaban J connectivity index is 2.81. The van der Waals surface area contributed by atoms with Crippen LogP contribution in [0.3, 0.4) is 0 Å². The SMILES string of the molecule is C=C(C=NCC(=O)CBr)c1cc(C(F)(F)F)ccn1. The number of hydrogen-bond acceptors (Lipinski definition) is 3. The van der Waals surface area contributed by atoms with E-state index in [0.29, 0.717) is 0 Å². The van der Waals surface area contributed by atoms with Crippen LogP contribution in [-0.2, 0) is 11.0 Å². The van der Waals surface area contributed by atoms with Crippen molar-refractivity contribution < 1.29 is 18.0 Å². The molecule has 1 heterocycles. The van der Waals surface area contributed by atoms with Crippen LogP contribution in [0.15, 0.2) is 29.9 Å². The molecule has 0 atom stereocenters. The van der Waals surface area contributed by atoms with Gasteiger partial charge in [0.25, 0.3) is 0 Å². The van der Waals surface area contributed by atoms with Gasteiger partial charge in [-0.2, -0.15) is 13.2 Å². The highest BCUT2D eigenvalue weighted by Gasteiger charge is 2.30. The molecule has 102 valence electrons. The Morgan fingerprint density at radius 1 is 1.53 bits per heavy atom. The van der Waals surface area contributed by atoms with E-state index in [1.54, 1.807) is 0 Å². The number of carbonyl (C=O) groups excluding carboxylic acids is 1. The molecule has 0 saturated heterocycles. The summed E-state index contributed by atoms with van der Waals surface area (Å²) in [7, 11) is 0. The van der Waals surface area contributed by atoms with Crippen molar-refractivity contribution in [2.75, 3.05) is 11.9 Å². The average Bonchev–Trinajstić information content (AvgIpc) is 2.37. The first-order chi connectivity index (χ1) is 8.84. The van der Waals surface area contributed by atoms with Crippen LogP contribution in [-0.4, -0.2) is 28.9 Å². The number of allylic oxidation sites excluding steroid dienone is 1. The minimum absolute atomic E-state index is 0.0523. The molecule has 0 aliphatic heterocycles. The van der Waals surface area contributed by atoms with E-state index in [9.17, 15) is 18.0 Å². The summed E-state index contributed by atoms with van der Waals surface area (Å²) in [5, 5.41) is 0.179.